The van der Waals surface area contributed by atoms with Gasteiger partial charge < -0.3 is 13.7 Å². The van der Waals surface area contributed by atoms with Crippen molar-refractivity contribution in [1.82, 2.24) is 9.55 Å². The average Bonchev–Trinajstić information content (AvgIpc) is 3.28. The molecule has 0 amide bonds. The number of nitrogens with zero attached hydrogens (tertiary/aromatic N) is 2. The zero-order valence-corrected chi connectivity index (χ0v) is 17.6. The molecule has 154 valence electrons. The Bertz CT molecular complexity index is 1190. The highest BCUT2D eigenvalue weighted by Crippen LogP contribution is 2.31. The van der Waals surface area contributed by atoms with Crippen LogP contribution in [0.2, 0.25) is 0 Å². The molecule has 0 bridgehead atoms. The monoisotopic (exact) mass is 402 g/mol. The van der Waals surface area contributed by atoms with Crippen LogP contribution < -0.4 is 10.2 Å². The second kappa shape index (κ2) is 8.57. The van der Waals surface area contributed by atoms with Gasteiger partial charge in [0.15, 0.2) is 5.43 Å². The Morgan fingerprint density at radius 3 is 2.63 bits per heavy atom. The lowest BCUT2D eigenvalue weighted by Gasteiger charge is -2.16. The molecule has 30 heavy (non-hydrogen) atoms. The summed E-state index contributed by atoms with van der Waals surface area (Å²) < 4.78 is 14.4. The van der Waals surface area contributed by atoms with Gasteiger partial charge in [0.25, 0.3) is 0 Å². The Morgan fingerprint density at radius 2 is 1.90 bits per heavy atom. The van der Waals surface area contributed by atoms with Gasteiger partial charge in [-0.05, 0) is 38.0 Å². The van der Waals surface area contributed by atoms with Gasteiger partial charge >= 0.3 is 0 Å². The number of rotatable bonds is 7. The molecule has 5 nitrogen and oxygen atoms in total. The maximum Gasteiger partial charge on any atom is 0.195 e. The number of benzene rings is 2. The van der Waals surface area contributed by atoms with E-state index in [9.17, 15) is 4.79 Å². The molecule has 5 heteroatoms. The van der Waals surface area contributed by atoms with E-state index in [0.717, 1.165) is 35.6 Å². The predicted molar refractivity (Wildman–Crippen MR) is 118 cm³/mol. The third kappa shape index (κ3) is 4.01. The Morgan fingerprint density at radius 1 is 1.10 bits per heavy atom. The highest BCUT2D eigenvalue weighted by atomic mass is 16.5. The predicted octanol–water partition coefficient (Wildman–Crippen LogP) is 5.38. The molecule has 0 spiro atoms. The molecule has 0 N–H and O–H groups in total. The van der Waals surface area contributed by atoms with Gasteiger partial charge in [-0.25, -0.2) is 4.98 Å². The number of hydrogen-bond acceptors (Lipinski definition) is 4. The van der Waals surface area contributed by atoms with E-state index in [2.05, 4.69) is 11.9 Å². The fourth-order valence-electron chi connectivity index (χ4n) is 3.74. The van der Waals surface area contributed by atoms with Crippen molar-refractivity contribution in [2.24, 2.45) is 0 Å². The van der Waals surface area contributed by atoms with E-state index in [1.165, 1.54) is 0 Å². The molecule has 0 radical (unpaired) electrons. The summed E-state index contributed by atoms with van der Waals surface area (Å²) in [6, 6.07) is 13.7. The van der Waals surface area contributed by atoms with E-state index in [1.807, 2.05) is 61.0 Å². The fraction of sp³-hybridized carbons (Fsp3) is 0.280. The van der Waals surface area contributed by atoms with Crippen molar-refractivity contribution in [2.45, 2.75) is 46.3 Å². The molecule has 0 unspecified atom stereocenters. The molecule has 0 fully saturated rings. The SMILES string of the molecule is Cc1c([C@@H](C)CCn2ccnc2)oc2c(C)c(OCc3ccccc3)ccc2c1=O. The van der Waals surface area contributed by atoms with Crippen LogP contribution in [0.25, 0.3) is 11.0 Å². The lowest BCUT2D eigenvalue weighted by Crippen LogP contribution is -2.13. The number of aromatic nitrogens is 2. The van der Waals surface area contributed by atoms with Crippen molar-refractivity contribution in [2.75, 3.05) is 0 Å². The van der Waals surface area contributed by atoms with Gasteiger partial charge in [0, 0.05) is 36.0 Å². The number of hydrogen-bond donors (Lipinski definition) is 0. The van der Waals surface area contributed by atoms with E-state index >= 15 is 0 Å². The van der Waals surface area contributed by atoms with Crippen LogP contribution in [0.1, 0.15) is 41.7 Å². The largest absolute Gasteiger partial charge is 0.488 e. The third-order valence-electron chi connectivity index (χ3n) is 5.59. The number of ether oxygens (including phenoxy) is 1. The van der Waals surface area contributed by atoms with Gasteiger partial charge in [-0.15, -0.1) is 0 Å². The van der Waals surface area contributed by atoms with Crippen molar-refractivity contribution in [3.8, 4) is 5.75 Å². The lowest BCUT2D eigenvalue weighted by atomic mass is 9.98. The zero-order chi connectivity index (χ0) is 21.1. The summed E-state index contributed by atoms with van der Waals surface area (Å²) in [5.74, 6) is 1.59. The first kappa shape index (κ1) is 20.0. The van der Waals surface area contributed by atoms with Crippen LogP contribution in [0.4, 0.5) is 0 Å². The molecule has 0 saturated heterocycles. The maximum absolute atomic E-state index is 13.0. The topological polar surface area (TPSA) is 57.3 Å². The number of fused-ring (bicyclic) bond motifs is 1. The quantitative estimate of drug-likeness (QED) is 0.416. The van der Waals surface area contributed by atoms with Crippen LogP contribution in [-0.4, -0.2) is 9.55 Å². The summed E-state index contributed by atoms with van der Waals surface area (Å²) in [5, 5.41) is 0.600. The van der Waals surface area contributed by atoms with Crippen LogP contribution in [0.15, 0.2) is 70.4 Å². The highest BCUT2D eigenvalue weighted by molar-refractivity contribution is 5.82. The molecule has 0 aliphatic carbocycles. The summed E-state index contributed by atoms with van der Waals surface area (Å²) >= 11 is 0. The molecule has 0 aliphatic rings. The van der Waals surface area contributed by atoms with Gasteiger partial charge in [-0.2, -0.15) is 0 Å². The Balaban J connectivity index is 1.64. The summed E-state index contributed by atoms with van der Waals surface area (Å²) in [5.41, 5.74) is 3.26. The summed E-state index contributed by atoms with van der Waals surface area (Å²) in [4.78, 5) is 17.1. The molecule has 2 heterocycles. The number of imidazole rings is 1. The maximum atomic E-state index is 13.0. The van der Waals surface area contributed by atoms with E-state index in [1.54, 1.807) is 18.6 Å². The van der Waals surface area contributed by atoms with Crippen LogP contribution >= 0.6 is 0 Å². The zero-order valence-electron chi connectivity index (χ0n) is 17.6. The van der Waals surface area contributed by atoms with Crippen molar-refractivity contribution in [3.63, 3.8) is 0 Å². The Labute approximate surface area is 176 Å². The highest BCUT2D eigenvalue weighted by Gasteiger charge is 2.19. The Hall–Kier alpha value is -3.34. The minimum absolute atomic E-state index is 0.0263. The van der Waals surface area contributed by atoms with Gasteiger partial charge in [-0.1, -0.05) is 37.3 Å². The van der Waals surface area contributed by atoms with Crippen molar-refractivity contribution >= 4 is 11.0 Å². The molecule has 4 aromatic rings. The first-order valence-corrected chi connectivity index (χ1v) is 10.2. The van der Waals surface area contributed by atoms with Crippen molar-refractivity contribution in [1.29, 1.82) is 0 Å². The van der Waals surface area contributed by atoms with E-state index in [-0.39, 0.29) is 11.3 Å². The first-order chi connectivity index (χ1) is 14.5. The van der Waals surface area contributed by atoms with Gasteiger partial charge in [-0.3, -0.25) is 4.79 Å². The lowest BCUT2D eigenvalue weighted by molar-refractivity contribution is 0.304. The van der Waals surface area contributed by atoms with Gasteiger partial charge in [0.05, 0.1) is 11.7 Å². The first-order valence-electron chi connectivity index (χ1n) is 10.2. The Kier molecular flexibility index (Phi) is 5.70. The summed E-state index contributed by atoms with van der Waals surface area (Å²) in [6.07, 6.45) is 6.37. The van der Waals surface area contributed by atoms with Crippen molar-refractivity contribution < 1.29 is 9.15 Å². The molecular formula is C25H26N2O3. The smallest absolute Gasteiger partial charge is 0.195 e. The molecule has 4 rings (SSSR count). The second-order valence-electron chi connectivity index (χ2n) is 7.75. The normalized spacial score (nSPS) is 12.2. The second-order valence-corrected chi connectivity index (χ2v) is 7.75. The van der Waals surface area contributed by atoms with Crippen LogP contribution in [0.5, 0.6) is 5.75 Å². The minimum atomic E-state index is 0.0263. The van der Waals surface area contributed by atoms with Gasteiger partial charge in [0.1, 0.15) is 23.7 Å². The molecular weight excluding hydrogens is 376 g/mol. The molecule has 1 atom stereocenters. The van der Waals surface area contributed by atoms with E-state index in [0.29, 0.717) is 23.1 Å². The fourth-order valence-corrected chi connectivity index (χ4v) is 3.74. The van der Waals surface area contributed by atoms with E-state index < -0.39 is 0 Å². The average molecular weight is 402 g/mol. The third-order valence-corrected chi connectivity index (χ3v) is 5.59. The van der Waals surface area contributed by atoms with Gasteiger partial charge in [0.2, 0.25) is 0 Å². The van der Waals surface area contributed by atoms with Crippen LogP contribution in [0, 0.1) is 13.8 Å². The van der Waals surface area contributed by atoms with Crippen LogP contribution in [-0.2, 0) is 13.2 Å². The minimum Gasteiger partial charge on any atom is -0.488 e. The summed E-state index contributed by atoms with van der Waals surface area (Å²) in [7, 11) is 0. The number of aryl methyl sites for hydroxylation is 2. The van der Waals surface area contributed by atoms with Crippen molar-refractivity contribution in [3.05, 3.63) is 93.9 Å². The standard InChI is InChI=1S/C25H26N2O3/c1-17(11-13-27-14-12-26-16-27)24-19(3)23(28)21-9-10-22(18(2)25(21)30-24)29-15-20-7-5-4-6-8-20/h4-10,12,14,16-17H,11,13,15H2,1-3H3/t17-/m0/s1. The summed E-state index contributed by atoms with van der Waals surface area (Å²) in [6.45, 7) is 7.18. The molecule has 0 aliphatic heterocycles. The molecule has 0 saturated carbocycles. The van der Waals surface area contributed by atoms with Crippen LogP contribution in [0.3, 0.4) is 0 Å². The van der Waals surface area contributed by atoms with E-state index in [4.69, 9.17) is 9.15 Å². The molecule has 2 aromatic heterocycles. The molecule has 2 aromatic carbocycles.